The van der Waals surface area contributed by atoms with Gasteiger partial charge < -0.3 is 19.5 Å². The van der Waals surface area contributed by atoms with Crippen LogP contribution in [0.5, 0.6) is 5.75 Å². The van der Waals surface area contributed by atoms with E-state index in [1.54, 1.807) is 18.2 Å². The Labute approximate surface area is 175 Å². The van der Waals surface area contributed by atoms with Crippen molar-refractivity contribution in [1.82, 2.24) is 0 Å². The molecular weight excluding hydrogens is 389 g/mol. The van der Waals surface area contributed by atoms with Gasteiger partial charge in [0.25, 0.3) is 0 Å². The average molecular weight is 415 g/mol. The van der Waals surface area contributed by atoms with E-state index in [-0.39, 0.29) is 24.1 Å². The van der Waals surface area contributed by atoms with Crippen LogP contribution in [0.1, 0.15) is 33.5 Å². The van der Waals surface area contributed by atoms with E-state index in [1.807, 2.05) is 0 Å². The summed E-state index contributed by atoms with van der Waals surface area (Å²) in [5.41, 5.74) is 4.04. The number of methoxy groups -OCH3 is 3. The Hall–Kier alpha value is -3.09. The fraction of sp³-hybridized carbons (Fsp3) is 0.391. The van der Waals surface area contributed by atoms with Crippen LogP contribution in [0.25, 0.3) is 0 Å². The molecule has 6 nitrogen and oxygen atoms in total. The molecule has 7 heteroatoms. The van der Waals surface area contributed by atoms with Crippen LogP contribution < -0.4 is 10.1 Å². The lowest BCUT2D eigenvalue weighted by molar-refractivity contribution is -0.140. The molecule has 1 unspecified atom stereocenters. The Bertz CT molecular complexity index is 926. The van der Waals surface area contributed by atoms with Crippen LogP contribution in [0.15, 0.2) is 30.3 Å². The lowest BCUT2D eigenvalue weighted by atomic mass is 9.84. The predicted octanol–water partition coefficient (Wildman–Crippen LogP) is 3.55. The molecule has 3 rings (SSSR count). The molecule has 0 spiro atoms. The fourth-order valence-electron chi connectivity index (χ4n) is 3.92. The summed E-state index contributed by atoms with van der Waals surface area (Å²) in [6.07, 6.45) is 2.17. The van der Waals surface area contributed by atoms with Gasteiger partial charge in [0.2, 0.25) is 0 Å². The third-order valence-electron chi connectivity index (χ3n) is 5.41. The molecule has 0 amide bonds. The summed E-state index contributed by atoms with van der Waals surface area (Å²) in [6, 6.07) is 8.27. The van der Waals surface area contributed by atoms with Gasteiger partial charge in [-0.15, -0.1) is 0 Å². The van der Waals surface area contributed by atoms with Gasteiger partial charge in [-0.3, -0.25) is 4.79 Å². The molecule has 0 aliphatic carbocycles. The minimum absolute atomic E-state index is 0.207. The molecule has 160 valence electrons. The number of esters is 2. The Morgan fingerprint density at radius 3 is 2.50 bits per heavy atom. The smallest absolute Gasteiger partial charge is 0.341 e. The molecule has 0 aromatic heterocycles. The molecule has 0 bridgehead atoms. The Balaban J connectivity index is 1.94. The van der Waals surface area contributed by atoms with Gasteiger partial charge in [-0.25, -0.2) is 9.18 Å². The second kappa shape index (κ2) is 9.61. The number of aryl methyl sites for hydroxylation is 1. The monoisotopic (exact) mass is 415 g/mol. The molecule has 0 radical (unpaired) electrons. The van der Waals surface area contributed by atoms with E-state index < -0.39 is 5.97 Å². The first-order valence-electron chi connectivity index (χ1n) is 9.83. The van der Waals surface area contributed by atoms with Crippen LogP contribution in [0.3, 0.4) is 0 Å². The zero-order valence-electron chi connectivity index (χ0n) is 17.4. The van der Waals surface area contributed by atoms with E-state index in [0.717, 1.165) is 35.2 Å². The number of hydrogen-bond donors (Lipinski definition) is 1. The number of halogens is 1. The van der Waals surface area contributed by atoms with Gasteiger partial charge >= 0.3 is 11.9 Å². The van der Waals surface area contributed by atoms with Crippen molar-refractivity contribution in [2.24, 2.45) is 5.92 Å². The first-order chi connectivity index (χ1) is 14.5. The molecule has 1 aliphatic rings. The summed E-state index contributed by atoms with van der Waals surface area (Å²) in [5, 5.41) is 3.40. The highest BCUT2D eigenvalue weighted by Gasteiger charge is 2.28. The quantitative estimate of drug-likeness (QED) is 0.697. The standard InChI is InChI=1S/C23H26FNO5/c1-28-20(26)9-6-16-12-19(23(27)30-3)22(29-2)21-18(16)11-15(13-25-21)10-14-4-7-17(24)8-5-14/h4-5,7-8,12,15,25H,6,9-11,13H2,1-3H3. The van der Waals surface area contributed by atoms with Crippen LogP contribution >= 0.6 is 0 Å². The summed E-state index contributed by atoms with van der Waals surface area (Å²) in [4.78, 5) is 24.0. The molecule has 1 N–H and O–H groups in total. The van der Waals surface area contributed by atoms with Crippen molar-refractivity contribution in [2.75, 3.05) is 33.2 Å². The van der Waals surface area contributed by atoms with Gasteiger partial charge in [-0.2, -0.15) is 0 Å². The number of anilines is 1. The van der Waals surface area contributed by atoms with Crippen molar-refractivity contribution in [3.8, 4) is 5.75 Å². The highest BCUT2D eigenvalue weighted by Crippen LogP contribution is 2.40. The Morgan fingerprint density at radius 1 is 1.13 bits per heavy atom. The predicted molar refractivity (Wildman–Crippen MR) is 110 cm³/mol. The normalized spacial score (nSPS) is 15.0. The van der Waals surface area contributed by atoms with Crippen molar-refractivity contribution in [2.45, 2.75) is 25.7 Å². The van der Waals surface area contributed by atoms with Crippen molar-refractivity contribution in [3.63, 3.8) is 0 Å². The number of carbonyl (C=O) groups is 2. The largest absolute Gasteiger partial charge is 0.494 e. The lowest BCUT2D eigenvalue weighted by Gasteiger charge is -2.30. The van der Waals surface area contributed by atoms with E-state index >= 15 is 0 Å². The molecule has 0 saturated carbocycles. The molecule has 1 atom stereocenters. The fourth-order valence-corrected chi connectivity index (χ4v) is 3.92. The summed E-state index contributed by atoms with van der Waals surface area (Å²) in [7, 11) is 4.19. The van der Waals surface area contributed by atoms with Crippen LogP contribution in [0, 0.1) is 11.7 Å². The molecule has 0 saturated heterocycles. The lowest BCUT2D eigenvalue weighted by Crippen LogP contribution is -2.27. The van der Waals surface area contributed by atoms with E-state index in [2.05, 4.69) is 5.32 Å². The van der Waals surface area contributed by atoms with E-state index in [0.29, 0.717) is 24.3 Å². The van der Waals surface area contributed by atoms with Gasteiger partial charge in [0.15, 0.2) is 5.75 Å². The van der Waals surface area contributed by atoms with Crippen LogP contribution in [0.4, 0.5) is 10.1 Å². The van der Waals surface area contributed by atoms with Crippen molar-refractivity contribution in [1.29, 1.82) is 0 Å². The van der Waals surface area contributed by atoms with Crippen molar-refractivity contribution in [3.05, 3.63) is 58.4 Å². The maximum absolute atomic E-state index is 13.2. The van der Waals surface area contributed by atoms with Crippen LogP contribution in [0.2, 0.25) is 0 Å². The zero-order chi connectivity index (χ0) is 21.7. The van der Waals surface area contributed by atoms with E-state index in [1.165, 1.54) is 33.5 Å². The van der Waals surface area contributed by atoms with Gasteiger partial charge in [0, 0.05) is 13.0 Å². The summed E-state index contributed by atoms with van der Waals surface area (Å²) in [6.45, 7) is 0.682. The van der Waals surface area contributed by atoms with Gasteiger partial charge in [0.05, 0.1) is 27.0 Å². The molecule has 2 aromatic carbocycles. The highest BCUT2D eigenvalue weighted by molar-refractivity contribution is 5.96. The second-order valence-electron chi connectivity index (χ2n) is 7.32. The number of benzene rings is 2. The van der Waals surface area contributed by atoms with Crippen LogP contribution in [-0.4, -0.2) is 39.8 Å². The Kier molecular flexibility index (Phi) is 6.92. The van der Waals surface area contributed by atoms with Gasteiger partial charge in [-0.05, 0) is 60.1 Å². The summed E-state index contributed by atoms with van der Waals surface area (Å²) < 4.78 is 28.4. The SMILES string of the molecule is COC(=O)CCc1cc(C(=O)OC)c(OC)c2c1CC(Cc1ccc(F)cc1)CN2. The molecule has 1 aliphatic heterocycles. The highest BCUT2D eigenvalue weighted by atomic mass is 19.1. The van der Waals surface area contributed by atoms with Crippen LogP contribution in [-0.2, 0) is 33.5 Å². The topological polar surface area (TPSA) is 73.9 Å². The van der Waals surface area contributed by atoms with E-state index in [9.17, 15) is 14.0 Å². The maximum atomic E-state index is 13.2. The number of ether oxygens (including phenoxy) is 3. The molecule has 2 aromatic rings. The molecule has 1 heterocycles. The number of rotatable bonds is 7. The van der Waals surface area contributed by atoms with Gasteiger partial charge in [-0.1, -0.05) is 12.1 Å². The Morgan fingerprint density at radius 2 is 1.87 bits per heavy atom. The zero-order valence-corrected chi connectivity index (χ0v) is 17.4. The molecular formula is C23H26FNO5. The first kappa shape index (κ1) is 21.6. The molecule has 0 fully saturated rings. The third-order valence-corrected chi connectivity index (χ3v) is 5.41. The minimum atomic E-state index is -0.496. The van der Waals surface area contributed by atoms with Gasteiger partial charge in [0.1, 0.15) is 11.4 Å². The number of fused-ring (bicyclic) bond motifs is 1. The molecule has 30 heavy (non-hydrogen) atoms. The number of hydrogen-bond acceptors (Lipinski definition) is 6. The third kappa shape index (κ3) is 4.72. The number of nitrogens with one attached hydrogen (secondary N) is 1. The van der Waals surface area contributed by atoms with Crippen molar-refractivity contribution < 1.29 is 28.2 Å². The first-order valence-corrected chi connectivity index (χ1v) is 9.83. The average Bonchev–Trinajstić information content (AvgIpc) is 2.77. The maximum Gasteiger partial charge on any atom is 0.341 e. The summed E-state index contributed by atoms with van der Waals surface area (Å²) >= 11 is 0. The van der Waals surface area contributed by atoms with Crippen molar-refractivity contribution >= 4 is 17.6 Å². The summed E-state index contributed by atoms with van der Waals surface area (Å²) in [5.74, 6) is -0.349. The minimum Gasteiger partial charge on any atom is -0.494 e. The second-order valence-corrected chi connectivity index (χ2v) is 7.32. The number of carbonyl (C=O) groups excluding carboxylic acids is 2. The van der Waals surface area contributed by atoms with E-state index in [4.69, 9.17) is 14.2 Å².